The average molecular weight is 328 g/mol. The van der Waals surface area contributed by atoms with E-state index >= 15 is 0 Å². The third-order valence-corrected chi connectivity index (χ3v) is 5.52. The molecule has 2 atom stereocenters. The molecule has 1 aromatic carbocycles. The molecular formula is C16H19Cl2NO2. The molecule has 1 saturated carbocycles. The van der Waals surface area contributed by atoms with Crippen LogP contribution in [0.15, 0.2) is 18.2 Å². The van der Waals surface area contributed by atoms with Crippen molar-refractivity contribution < 1.29 is 9.90 Å². The van der Waals surface area contributed by atoms with Crippen molar-refractivity contribution in [1.82, 2.24) is 4.90 Å². The van der Waals surface area contributed by atoms with E-state index in [1.54, 1.807) is 23.1 Å². The zero-order chi connectivity index (χ0) is 15.0. The largest absolute Gasteiger partial charge is 0.389 e. The third kappa shape index (κ3) is 2.79. The Balaban J connectivity index is 1.81. The molecule has 2 unspecified atom stereocenters. The van der Waals surface area contributed by atoms with Crippen LogP contribution in [0.2, 0.25) is 10.0 Å². The van der Waals surface area contributed by atoms with Gasteiger partial charge in [-0.3, -0.25) is 4.79 Å². The van der Waals surface area contributed by atoms with Gasteiger partial charge in [0.05, 0.1) is 21.2 Å². The van der Waals surface area contributed by atoms with Gasteiger partial charge in [-0.1, -0.05) is 42.1 Å². The van der Waals surface area contributed by atoms with Crippen LogP contribution in [0.4, 0.5) is 0 Å². The van der Waals surface area contributed by atoms with Gasteiger partial charge in [-0.2, -0.15) is 0 Å². The Morgan fingerprint density at radius 1 is 1.24 bits per heavy atom. The number of carbonyl (C=O) groups excluding carboxylic acids is 1. The van der Waals surface area contributed by atoms with Crippen LogP contribution in [0, 0.1) is 5.92 Å². The van der Waals surface area contributed by atoms with Crippen LogP contribution in [0.25, 0.3) is 0 Å². The second-order valence-electron chi connectivity index (χ2n) is 6.14. The van der Waals surface area contributed by atoms with Gasteiger partial charge < -0.3 is 10.0 Å². The summed E-state index contributed by atoms with van der Waals surface area (Å²) in [5.74, 6) is 0.0448. The maximum absolute atomic E-state index is 12.7. The van der Waals surface area contributed by atoms with Crippen molar-refractivity contribution in [3.63, 3.8) is 0 Å². The molecule has 0 aromatic heterocycles. The summed E-state index contributed by atoms with van der Waals surface area (Å²) in [7, 11) is 0. The lowest BCUT2D eigenvalue weighted by Gasteiger charge is -2.47. The summed E-state index contributed by atoms with van der Waals surface area (Å²) in [5, 5.41) is 11.5. The van der Waals surface area contributed by atoms with Gasteiger partial charge in [-0.25, -0.2) is 0 Å². The predicted molar refractivity (Wildman–Crippen MR) is 83.9 cm³/mol. The van der Waals surface area contributed by atoms with Crippen molar-refractivity contribution in [2.45, 2.75) is 37.7 Å². The van der Waals surface area contributed by atoms with Gasteiger partial charge in [0.25, 0.3) is 5.91 Å². The number of aliphatic hydroxyl groups is 1. The van der Waals surface area contributed by atoms with E-state index in [1.165, 1.54) is 0 Å². The maximum atomic E-state index is 12.7. The molecule has 0 bridgehead atoms. The molecule has 1 N–H and O–H groups in total. The number of likely N-dealkylation sites (tertiary alicyclic amines) is 1. The number of hydrogen-bond acceptors (Lipinski definition) is 2. The minimum atomic E-state index is -0.584. The number of carbonyl (C=O) groups is 1. The Labute approximate surface area is 134 Å². The molecule has 3 rings (SSSR count). The molecule has 2 fully saturated rings. The van der Waals surface area contributed by atoms with Gasteiger partial charge in [0, 0.05) is 19.0 Å². The Bertz CT molecular complexity index is 543. The zero-order valence-electron chi connectivity index (χ0n) is 11.8. The number of fused-ring (bicyclic) bond motifs is 1. The van der Waals surface area contributed by atoms with E-state index in [0.717, 1.165) is 25.7 Å². The van der Waals surface area contributed by atoms with E-state index in [0.29, 0.717) is 35.1 Å². The highest BCUT2D eigenvalue weighted by Crippen LogP contribution is 2.40. The van der Waals surface area contributed by atoms with Crippen LogP contribution >= 0.6 is 23.2 Å². The van der Waals surface area contributed by atoms with Crippen molar-refractivity contribution in [2.75, 3.05) is 13.1 Å². The highest BCUT2D eigenvalue weighted by atomic mass is 35.5. The summed E-state index contributed by atoms with van der Waals surface area (Å²) in [4.78, 5) is 14.5. The van der Waals surface area contributed by atoms with Crippen molar-refractivity contribution in [1.29, 1.82) is 0 Å². The van der Waals surface area contributed by atoms with E-state index in [4.69, 9.17) is 23.2 Å². The smallest absolute Gasteiger partial charge is 0.256 e. The first-order valence-electron chi connectivity index (χ1n) is 7.47. The van der Waals surface area contributed by atoms with Gasteiger partial charge in [0.15, 0.2) is 0 Å². The minimum Gasteiger partial charge on any atom is -0.389 e. The first-order chi connectivity index (χ1) is 10.0. The fourth-order valence-corrected chi connectivity index (χ4v) is 4.17. The van der Waals surface area contributed by atoms with Crippen LogP contribution in [-0.4, -0.2) is 34.6 Å². The molecule has 0 spiro atoms. The van der Waals surface area contributed by atoms with E-state index < -0.39 is 5.60 Å². The first kappa shape index (κ1) is 15.1. The zero-order valence-corrected chi connectivity index (χ0v) is 13.3. The van der Waals surface area contributed by atoms with Gasteiger partial charge in [-0.05, 0) is 31.4 Å². The van der Waals surface area contributed by atoms with E-state index in [-0.39, 0.29) is 11.8 Å². The lowest BCUT2D eigenvalue weighted by atomic mass is 9.71. The fraction of sp³-hybridized carbons (Fsp3) is 0.562. The van der Waals surface area contributed by atoms with Gasteiger partial charge >= 0.3 is 0 Å². The third-order valence-electron chi connectivity index (χ3n) is 4.89. The van der Waals surface area contributed by atoms with Gasteiger partial charge in [0.2, 0.25) is 0 Å². The highest BCUT2D eigenvalue weighted by Gasteiger charge is 2.44. The number of piperidine rings is 1. The molecule has 1 aliphatic heterocycles. The van der Waals surface area contributed by atoms with Crippen LogP contribution in [0.5, 0.6) is 0 Å². The topological polar surface area (TPSA) is 40.5 Å². The molecule has 0 radical (unpaired) electrons. The predicted octanol–water partition coefficient (Wildman–Crippen LogP) is 3.76. The fourth-order valence-electron chi connectivity index (χ4n) is 3.62. The summed E-state index contributed by atoms with van der Waals surface area (Å²) in [6.45, 7) is 1.16. The van der Waals surface area contributed by atoms with Crippen LogP contribution in [0.1, 0.15) is 42.5 Å². The molecule has 1 amide bonds. The second-order valence-corrected chi connectivity index (χ2v) is 6.96. The van der Waals surface area contributed by atoms with Crippen molar-refractivity contribution >= 4 is 29.1 Å². The number of rotatable bonds is 1. The van der Waals surface area contributed by atoms with E-state index in [2.05, 4.69) is 0 Å². The first-order valence-corrected chi connectivity index (χ1v) is 8.22. The maximum Gasteiger partial charge on any atom is 0.256 e. The minimum absolute atomic E-state index is 0.127. The molecule has 114 valence electrons. The number of amides is 1. The molecular weight excluding hydrogens is 309 g/mol. The summed E-state index contributed by atoms with van der Waals surface area (Å²) in [6, 6.07) is 5.10. The summed E-state index contributed by atoms with van der Waals surface area (Å²) in [5.41, 5.74) is -0.207. The normalized spacial score (nSPS) is 29.1. The lowest BCUT2D eigenvalue weighted by molar-refractivity contribution is -0.0886. The Kier molecular flexibility index (Phi) is 4.17. The molecule has 1 heterocycles. The number of nitrogens with zero attached hydrogens (tertiary/aromatic N) is 1. The van der Waals surface area contributed by atoms with E-state index in [9.17, 15) is 9.90 Å². The summed E-state index contributed by atoms with van der Waals surface area (Å²) in [6.07, 6.45) is 4.69. The van der Waals surface area contributed by atoms with Crippen molar-refractivity contribution in [2.24, 2.45) is 5.92 Å². The van der Waals surface area contributed by atoms with Crippen molar-refractivity contribution in [3.05, 3.63) is 33.8 Å². The standard InChI is InChI=1S/C16H19Cl2NO2/c17-12-5-3-6-13(18)14(12)15(20)19-9-8-16(21)7-2-1-4-11(16)10-19/h3,5-6,11,21H,1-2,4,7-10H2. The van der Waals surface area contributed by atoms with Crippen LogP contribution in [-0.2, 0) is 0 Å². The molecule has 1 aromatic rings. The molecule has 1 saturated heterocycles. The SMILES string of the molecule is O=C(c1c(Cl)cccc1Cl)N1CCC2(O)CCCCC2C1. The molecule has 21 heavy (non-hydrogen) atoms. The van der Waals surface area contributed by atoms with E-state index in [1.807, 2.05) is 0 Å². The van der Waals surface area contributed by atoms with Crippen LogP contribution in [0.3, 0.4) is 0 Å². The number of hydrogen-bond donors (Lipinski definition) is 1. The van der Waals surface area contributed by atoms with Gasteiger partial charge in [0.1, 0.15) is 0 Å². The average Bonchev–Trinajstić information content (AvgIpc) is 2.46. The lowest BCUT2D eigenvalue weighted by Crippen LogP contribution is -2.54. The Morgan fingerprint density at radius 3 is 2.67 bits per heavy atom. The highest BCUT2D eigenvalue weighted by molar-refractivity contribution is 6.39. The summed E-state index contributed by atoms with van der Waals surface area (Å²) < 4.78 is 0. The molecule has 1 aliphatic carbocycles. The molecule has 2 aliphatic rings. The van der Waals surface area contributed by atoms with Gasteiger partial charge in [-0.15, -0.1) is 0 Å². The second kappa shape index (κ2) is 5.79. The Morgan fingerprint density at radius 2 is 1.95 bits per heavy atom. The van der Waals surface area contributed by atoms with Crippen LogP contribution < -0.4 is 0 Å². The monoisotopic (exact) mass is 327 g/mol. The van der Waals surface area contributed by atoms with Crippen molar-refractivity contribution in [3.8, 4) is 0 Å². The molecule has 5 heteroatoms. The quantitative estimate of drug-likeness (QED) is 0.853. The number of benzene rings is 1. The Hall–Kier alpha value is -0.770. The summed E-state index contributed by atoms with van der Waals surface area (Å²) >= 11 is 12.3. The molecule has 3 nitrogen and oxygen atoms in total. The number of halogens is 2.